The molecule has 1 N–H and O–H groups in total. The van der Waals surface area contributed by atoms with Crippen LogP contribution in [-0.2, 0) is 0 Å². The number of imidazole rings is 1. The first-order chi connectivity index (χ1) is 9.08. The molecule has 2 atom stereocenters. The number of fused-ring (bicyclic) bond motifs is 1. The summed E-state index contributed by atoms with van der Waals surface area (Å²) >= 11 is 1.47. The first kappa shape index (κ1) is 12.5. The van der Waals surface area contributed by atoms with Crippen LogP contribution in [0.4, 0.5) is 5.82 Å². The number of hydrogen-bond acceptors (Lipinski definition) is 4. The SMILES string of the molecule is CC1CCC(C)N(c2nc3sccn3c2C(=O)O)C1. The molecule has 0 spiro atoms. The van der Waals surface area contributed by atoms with E-state index in [2.05, 4.69) is 23.7 Å². The minimum atomic E-state index is -0.911. The molecule has 0 radical (unpaired) electrons. The third-order valence-corrected chi connectivity index (χ3v) is 4.59. The second-order valence-electron chi connectivity index (χ2n) is 5.33. The summed E-state index contributed by atoms with van der Waals surface area (Å²) in [7, 11) is 0. The van der Waals surface area contributed by atoms with Gasteiger partial charge in [0.2, 0.25) is 0 Å². The lowest BCUT2D eigenvalue weighted by Gasteiger charge is -2.37. The molecule has 1 saturated heterocycles. The van der Waals surface area contributed by atoms with Crippen molar-refractivity contribution in [2.75, 3.05) is 11.4 Å². The molecule has 2 aromatic rings. The van der Waals surface area contributed by atoms with Gasteiger partial charge in [0.1, 0.15) is 0 Å². The Morgan fingerprint density at radius 3 is 3.00 bits per heavy atom. The Morgan fingerprint density at radius 2 is 2.26 bits per heavy atom. The van der Waals surface area contributed by atoms with Crippen molar-refractivity contribution >= 4 is 28.1 Å². The number of aromatic nitrogens is 2. The van der Waals surface area contributed by atoms with Gasteiger partial charge in [-0.25, -0.2) is 9.78 Å². The maximum Gasteiger partial charge on any atom is 0.356 e. The van der Waals surface area contributed by atoms with Crippen LogP contribution in [-0.4, -0.2) is 33.0 Å². The van der Waals surface area contributed by atoms with E-state index in [4.69, 9.17) is 0 Å². The minimum Gasteiger partial charge on any atom is -0.476 e. The second-order valence-corrected chi connectivity index (χ2v) is 6.20. The zero-order chi connectivity index (χ0) is 13.6. The summed E-state index contributed by atoms with van der Waals surface area (Å²) in [6.07, 6.45) is 4.06. The van der Waals surface area contributed by atoms with E-state index in [0.29, 0.717) is 17.8 Å². The fourth-order valence-corrected chi connectivity index (χ4v) is 3.47. The summed E-state index contributed by atoms with van der Waals surface area (Å²) in [6, 6.07) is 0.346. The number of thiazole rings is 1. The molecule has 0 amide bonds. The van der Waals surface area contributed by atoms with Gasteiger partial charge in [0.05, 0.1) is 0 Å². The smallest absolute Gasteiger partial charge is 0.356 e. The van der Waals surface area contributed by atoms with Gasteiger partial charge in [0, 0.05) is 24.2 Å². The molecule has 0 saturated carbocycles. The number of carboxylic acids is 1. The number of hydrogen-bond donors (Lipinski definition) is 1. The average Bonchev–Trinajstić information content (AvgIpc) is 2.91. The van der Waals surface area contributed by atoms with Crippen LogP contribution in [0.3, 0.4) is 0 Å². The van der Waals surface area contributed by atoms with Crippen molar-refractivity contribution in [3.05, 3.63) is 17.3 Å². The van der Waals surface area contributed by atoms with Gasteiger partial charge in [-0.2, -0.15) is 0 Å². The zero-order valence-corrected chi connectivity index (χ0v) is 11.9. The lowest BCUT2D eigenvalue weighted by Crippen LogP contribution is -2.42. The van der Waals surface area contributed by atoms with E-state index < -0.39 is 5.97 Å². The fraction of sp³-hybridized carbons (Fsp3) is 0.538. The Morgan fingerprint density at radius 1 is 1.47 bits per heavy atom. The molecule has 19 heavy (non-hydrogen) atoms. The highest BCUT2D eigenvalue weighted by Gasteiger charge is 2.30. The first-order valence-electron chi connectivity index (χ1n) is 6.53. The molecule has 1 aliphatic heterocycles. The summed E-state index contributed by atoms with van der Waals surface area (Å²) in [5.41, 5.74) is 0.289. The van der Waals surface area contributed by atoms with Gasteiger partial charge in [-0.05, 0) is 25.7 Å². The maximum absolute atomic E-state index is 11.5. The highest BCUT2D eigenvalue weighted by molar-refractivity contribution is 7.15. The molecule has 0 aliphatic carbocycles. The van der Waals surface area contributed by atoms with Gasteiger partial charge in [0.15, 0.2) is 16.5 Å². The Hall–Kier alpha value is -1.56. The lowest BCUT2D eigenvalue weighted by atomic mass is 9.95. The van der Waals surface area contributed by atoms with E-state index in [-0.39, 0.29) is 5.69 Å². The van der Waals surface area contributed by atoms with Crippen molar-refractivity contribution in [3.8, 4) is 0 Å². The third-order valence-electron chi connectivity index (χ3n) is 3.84. The van der Waals surface area contributed by atoms with Crippen molar-refractivity contribution in [1.82, 2.24) is 9.38 Å². The fourth-order valence-electron chi connectivity index (χ4n) is 2.76. The third kappa shape index (κ3) is 2.00. The van der Waals surface area contributed by atoms with E-state index >= 15 is 0 Å². The van der Waals surface area contributed by atoms with Gasteiger partial charge in [0.25, 0.3) is 0 Å². The van der Waals surface area contributed by atoms with Gasteiger partial charge in [-0.3, -0.25) is 4.40 Å². The summed E-state index contributed by atoms with van der Waals surface area (Å²) in [5.74, 6) is 0.294. The molecule has 102 valence electrons. The Bertz CT molecular complexity index is 618. The molecule has 3 rings (SSSR count). The quantitative estimate of drug-likeness (QED) is 0.918. The van der Waals surface area contributed by atoms with Crippen LogP contribution in [0.25, 0.3) is 4.96 Å². The van der Waals surface area contributed by atoms with Crippen LogP contribution in [0.5, 0.6) is 0 Å². The molecule has 0 bridgehead atoms. The van der Waals surface area contributed by atoms with Crippen LogP contribution in [0.15, 0.2) is 11.6 Å². The van der Waals surface area contributed by atoms with Crippen LogP contribution >= 0.6 is 11.3 Å². The minimum absolute atomic E-state index is 0.289. The molecule has 1 aliphatic rings. The van der Waals surface area contributed by atoms with E-state index in [1.165, 1.54) is 17.8 Å². The van der Waals surface area contributed by atoms with Crippen LogP contribution < -0.4 is 4.90 Å². The van der Waals surface area contributed by atoms with Crippen molar-refractivity contribution in [3.63, 3.8) is 0 Å². The Kier molecular flexibility index (Phi) is 2.97. The topological polar surface area (TPSA) is 57.8 Å². The van der Waals surface area contributed by atoms with Gasteiger partial charge in [-0.15, -0.1) is 11.3 Å². The number of carbonyl (C=O) groups is 1. The summed E-state index contributed by atoms with van der Waals surface area (Å²) in [5, 5.41) is 11.3. The maximum atomic E-state index is 11.5. The van der Waals surface area contributed by atoms with E-state index in [0.717, 1.165) is 17.9 Å². The second kappa shape index (κ2) is 4.52. The van der Waals surface area contributed by atoms with Crippen LogP contribution in [0, 0.1) is 5.92 Å². The highest BCUT2D eigenvalue weighted by atomic mass is 32.1. The van der Waals surface area contributed by atoms with Crippen molar-refractivity contribution < 1.29 is 9.90 Å². The average molecular weight is 279 g/mol. The summed E-state index contributed by atoms with van der Waals surface area (Å²) in [6.45, 7) is 5.23. The monoisotopic (exact) mass is 279 g/mol. The number of nitrogens with zero attached hydrogens (tertiary/aromatic N) is 3. The molecular weight excluding hydrogens is 262 g/mol. The summed E-state index contributed by atoms with van der Waals surface area (Å²) in [4.78, 5) is 19.0. The number of rotatable bonds is 2. The molecular formula is C13H17N3O2S. The van der Waals surface area contributed by atoms with Crippen molar-refractivity contribution in [2.24, 2.45) is 5.92 Å². The van der Waals surface area contributed by atoms with Gasteiger partial charge < -0.3 is 10.0 Å². The Labute approximate surface area is 115 Å². The number of anilines is 1. The van der Waals surface area contributed by atoms with Crippen molar-refractivity contribution in [2.45, 2.75) is 32.7 Å². The molecule has 6 heteroatoms. The zero-order valence-electron chi connectivity index (χ0n) is 11.0. The van der Waals surface area contributed by atoms with E-state index in [9.17, 15) is 9.90 Å². The Balaban J connectivity index is 2.10. The first-order valence-corrected chi connectivity index (χ1v) is 7.41. The lowest BCUT2D eigenvalue weighted by molar-refractivity contribution is 0.0690. The van der Waals surface area contributed by atoms with Gasteiger partial charge >= 0.3 is 5.97 Å². The number of aromatic carboxylic acids is 1. The highest BCUT2D eigenvalue weighted by Crippen LogP contribution is 2.31. The standard InChI is InChI=1S/C13H17N3O2S/c1-8-3-4-9(2)16(7-8)11-10(12(17)18)15-5-6-19-13(15)14-11/h5-6,8-9H,3-4,7H2,1-2H3,(H,17,18). The normalized spacial score (nSPS) is 24.0. The predicted octanol–water partition coefficient (Wildman–Crippen LogP) is 2.72. The largest absolute Gasteiger partial charge is 0.476 e. The van der Waals surface area contributed by atoms with Crippen molar-refractivity contribution in [1.29, 1.82) is 0 Å². The summed E-state index contributed by atoms with van der Waals surface area (Å²) < 4.78 is 1.67. The molecule has 0 aromatic carbocycles. The molecule has 2 unspecified atom stereocenters. The number of piperidine rings is 1. The number of carboxylic acid groups (broad SMARTS) is 1. The molecule has 5 nitrogen and oxygen atoms in total. The predicted molar refractivity (Wildman–Crippen MR) is 75.2 cm³/mol. The molecule has 1 fully saturated rings. The van der Waals surface area contributed by atoms with Crippen LogP contribution in [0.1, 0.15) is 37.2 Å². The molecule has 3 heterocycles. The van der Waals surface area contributed by atoms with E-state index in [1.54, 1.807) is 10.6 Å². The molecule has 2 aromatic heterocycles. The van der Waals surface area contributed by atoms with Crippen LogP contribution in [0.2, 0.25) is 0 Å². The van der Waals surface area contributed by atoms with E-state index in [1.807, 2.05) is 5.38 Å². The van der Waals surface area contributed by atoms with Gasteiger partial charge in [-0.1, -0.05) is 6.92 Å².